The van der Waals surface area contributed by atoms with E-state index in [1.807, 2.05) is 17.4 Å². The molecule has 0 spiro atoms. The minimum absolute atomic E-state index is 0. The van der Waals surface area contributed by atoms with Crippen molar-refractivity contribution >= 4 is 32.3 Å². The summed E-state index contributed by atoms with van der Waals surface area (Å²) in [4.78, 5) is 0. The largest absolute Gasteiger partial charge is 0.710 e. The van der Waals surface area contributed by atoms with Gasteiger partial charge in [-0.15, -0.1) is 38.4 Å². The fraction of sp³-hybridized carbons (Fsp3) is 0.750. The average molecular weight is 538 g/mol. The monoisotopic (exact) mass is 536 g/mol. The van der Waals surface area contributed by atoms with Gasteiger partial charge in [0.15, 0.2) is 0 Å². The Morgan fingerprint density at radius 3 is 1.48 bits per heavy atom. The first-order chi connectivity index (χ1) is 13.5. The summed E-state index contributed by atoms with van der Waals surface area (Å²) in [6, 6.07) is 1.01. The maximum absolute atomic E-state index is 4.90. The van der Waals surface area contributed by atoms with Crippen LogP contribution in [0.5, 0.6) is 0 Å². The fourth-order valence-corrected chi connectivity index (χ4v) is 28.3. The number of allylic oxidation sites excluding steroid dienone is 2. The van der Waals surface area contributed by atoms with Gasteiger partial charge < -0.3 is 21.0 Å². The second-order valence-corrected chi connectivity index (χ2v) is 34.2. The number of hydrogen-bond acceptors (Lipinski definition) is 0. The van der Waals surface area contributed by atoms with Crippen molar-refractivity contribution in [3.63, 3.8) is 0 Å². The van der Waals surface area contributed by atoms with Gasteiger partial charge in [0.1, 0.15) is 0 Å². The first-order valence-electron chi connectivity index (χ1n) is 11.9. The van der Waals surface area contributed by atoms with Crippen molar-refractivity contribution in [3.05, 3.63) is 45.4 Å². The van der Waals surface area contributed by atoms with Gasteiger partial charge in [-0.25, -0.2) is 6.04 Å². The van der Waals surface area contributed by atoms with E-state index >= 15 is 0 Å². The van der Waals surface area contributed by atoms with Gasteiger partial charge in [-0.2, -0.15) is 12.7 Å². The normalized spacial score (nSPS) is 22.5. The standard InChI is InChI=1S/C12H27NSi2.C12H23NSi2.Ni/c2*1-14(2,3)12(15(4,5)6)11-9-7-8-10-13-11;/h11H,7-10H2,1-6H3;7-11H,1-6H3;/q2*-2;. The van der Waals surface area contributed by atoms with Crippen molar-refractivity contribution in [2.45, 2.75) is 110 Å². The summed E-state index contributed by atoms with van der Waals surface area (Å²) in [5.41, 5.74) is 0. The van der Waals surface area contributed by atoms with E-state index in [0.29, 0.717) is 12.1 Å². The van der Waals surface area contributed by atoms with Gasteiger partial charge in [0.2, 0.25) is 0 Å². The smallest absolute Gasteiger partial charge is 0 e. The third-order valence-electron chi connectivity index (χ3n) is 5.83. The van der Waals surface area contributed by atoms with E-state index in [1.54, 1.807) is 5.16 Å². The molecule has 0 bridgehead atoms. The molecule has 2 rings (SSSR count). The summed E-state index contributed by atoms with van der Waals surface area (Å²) >= 11 is 0. The topological polar surface area (TPSA) is 28.2 Å². The Labute approximate surface area is 209 Å². The molecule has 2 nitrogen and oxygen atoms in total. The Balaban J connectivity index is 0.000000562. The van der Waals surface area contributed by atoms with E-state index < -0.39 is 32.3 Å². The third-order valence-corrected chi connectivity index (χ3v) is 22.6. The molecule has 0 amide bonds. The van der Waals surface area contributed by atoms with Gasteiger partial charge in [0.25, 0.3) is 0 Å². The van der Waals surface area contributed by atoms with Crippen LogP contribution in [0.15, 0.2) is 24.4 Å². The van der Waals surface area contributed by atoms with Crippen molar-refractivity contribution in [3.8, 4) is 0 Å². The summed E-state index contributed by atoms with van der Waals surface area (Å²) in [6.07, 6.45) is 12.4. The van der Waals surface area contributed by atoms with Crippen LogP contribution >= 0.6 is 0 Å². The number of nitrogens with zero attached hydrogens (tertiary/aromatic N) is 2. The first-order valence-corrected chi connectivity index (χ1v) is 25.9. The molecule has 0 aliphatic carbocycles. The summed E-state index contributed by atoms with van der Waals surface area (Å²) < 4.78 is 0. The Hall–Kier alpha value is 0.601. The van der Waals surface area contributed by atoms with Gasteiger partial charge in [-0.3, -0.25) is 6.04 Å². The molecule has 7 heteroatoms. The van der Waals surface area contributed by atoms with Crippen molar-refractivity contribution in [1.29, 1.82) is 0 Å². The fourth-order valence-electron chi connectivity index (χ4n) is 5.74. The van der Waals surface area contributed by atoms with E-state index in [2.05, 4.69) is 96.0 Å². The van der Waals surface area contributed by atoms with Crippen molar-refractivity contribution in [2.24, 2.45) is 0 Å². The molecular weight excluding hydrogens is 487 g/mol. The second-order valence-electron chi connectivity index (χ2n) is 13.1. The molecule has 186 valence electrons. The van der Waals surface area contributed by atoms with Crippen LogP contribution in [-0.2, 0) is 16.5 Å². The maximum atomic E-state index is 4.90. The molecule has 2 heterocycles. The number of rotatable bonds is 6. The summed E-state index contributed by atoms with van der Waals surface area (Å²) in [5, 5.41) is 13.2. The second kappa shape index (κ2) is 12.3. The van der Waals surface area contributed by atoms with Crippen LogP contribution in [0.4, 0.5) is 0 Å². The molecular formula is C24H50N2NiSi4-4. The zero-order chi connectivity index (χ0) is 23.4. The minimum Gasteiger partial charge on any atom is -0.710 e. The van der Waals surface area contributed by atoms with Crippen LogP contribution in [-0.4, -0.2) is 50.9 Å². The molecule has 0 aromatic carbocycles. The molecule has 0 saturated carbocycles. The molecule has 0 radical (unpaired) electrons. The van der Waals surface area contributed by atoms with Crippen LogP contribution in [0.3, 0.4) is 0 Å². The van der Waals surface area contributed by atoms with Crippen LogP contribution in [0.25, 0.3) is 10.6 Å². The van der Waals surface area contributed by atoms with Gasteiger partial charge in [0, 0.05) is 16.5 Å². The van der Waals surface area contributed by atoms with E-state index in [4.69, 9.17) is 5.32 Å². The zero-order valence-electron chi connectivity index (χ0n) is 22.5. The first kappa shape index (κ1) is 31.6. The predicted octanol–water partition coefficient (Wildman–Crippen LogP) is 8.38. The van der Waals surface area contributed by atoms with Crippen molar-refractivity contribution < 1.29 is 16.5 Å². The summed E-state index contributed by atoms with van der Waals surface area (Å²) in [5.74, 6) is 0. The minimum atomic E-state index is -1.21. The zero-order valence-corrected chi connectivity index (χ0v) is 27.5. The third kappa shape index (κ3) is 10.6. The van der Waals surface area contributed by atoms with Crippen LogP contribution in [0, 0.1) is 10.3 Å². The van der Waals surface area contributed by atoms with Gasteiger partial charge in [0.05, 0.1) is 0 Å². The molecule has 31 heavy (non-hydrogen) atoms. The molecule has 0 aromatic rings. The molecule has 2 atom stereocenters. The molecule has 2 aliphatic heterocycles. The Bertz CT molecular complexity index is 546. The maximum Gasteiger partial charge on any atom is 0 e. The van der Waals surface area contributed by atoms with Crippen molar-refractivity contribution in [2.75, 3.05) is 6.54 Å². The average Bonchev–Trinajstić information content (AvgIpc) is 2.52. The molecule has 1 fully saturated rings. The molecule has 2 unspecified atom stereocenters. The summed E-state index contributed by atoms with van der Waals surface area (Å²) in [6.45, 7) is 30.8. The van der Waals surface area contributed by atoms with E-state index in [1.165, 1.54) is 19.3 Å². The van der Waals surface area contributed by atoms with E-state index in [-0.39, 0.29) is 16.5 Å². The predicted molar refractivity (Wildman–Crippen MR) is 151 cm³/mol. The van der Waals surface area contributed by atoms with Crippen LogP contribution in [0.2, 0.25) is 78.6 Å². The molecule has 1 saturated heterocycles. The Morgan fingerprint density at radius 1 is 0.677 bits per heavy atom. The van der Waals surface area contributed by atoms with Crippen LogP contribution < -0.4 is 0 Å². The van der Waals surface area contributed by atoms with E-state index in [0.717, 1.165) is 6.54 Å². The Kier molecular flexibility index (Phi) is 12.6. The van der Waals surface area contributed by atoms with Crippen molar-refractivity contribution in [1.82, 2.24) is 0 Å². The van der Waals surface area contributed by atoms with Crippen LogP contribution in [0.1, 0.15) is 19.3 Å². The molecule has 0 N–H and O–H groups in total. The molecule has 0 aromatic heterocycles. The van der Waals surface area contributed by atoms with Gasteiger partial charge in [-0.1, -0.05) is 110 Å². The van der Waals surface area contributed by atoms with Gasteiger partial charge >= 0.3 is 0 Å². The SMILES string of the molecule is C[Si](C)(C)[C-](C1C=CC=C[N-]1)[Si](C)(C)C.C[Si](C)(C)[C-](C1CCCC[N-]1)[Si](C)(C)C.[Ni]. The molecule has 2 aliphatic rings. The van der Waals surface area contributed by atoms with Gasteiger partial charge in [-0.05, 0) is 0 Å². The summed E-state index contributed by atoms with van der Waals surface area (Å²) in [7, 11) is -4.67. The van der Waals surface area contributed by atoms with E-state index in [9.17, 15) is 0 Å². The number of piperidine rings is 1. The Morgan fingerprint density at radius 2 is 1.16 bits per heavy atom. The quantitative estimate of drug-likeness (QED) is 0.240. The number of hydrogen-bond donors (Lipinski definition) is 0.